The zero-order valence-corrected chi connectivity index (χ0v) is 20.4. The molecule has 5 rings (SSSR count). The standard InChI is InChI=1S/C27H30N4O2S/c1-20-19-28-25(18-21-4-8-23(9-5-21)30-14-16-33-17-15-30)29-26(20)34-24-10-6-22(7-11-24)27(32)31-12-2-3-13-31/h4-11,19H,2-3,12-18H2,1H3. The number of aromatic nitrogens is 2. The normalized spacial score (nSPS) is 16.1. The quantitative estimate of drug-likeness (QED) is 0.487. The van der Waals surface area contributed by atoms with Gasteiger partial charge in [-0.25, -0.2) is 9.97 Å². The zero-order valence-electron chi connectivity index (χ0n) is 19.6. The van der Waals surface area contributed by atoms with E-state index in [-0.39, 0.29) is 5.91 Å². The maximum atomic E-state index is 12.6. The first-order valence-electron chi connectivity index (χ1n) is 12.0. The van der Waals surface area contributed by atoms with E-state index in [4.69, 9.17) is 9.72 Å². The highest BCUT2D eigenvalue weighted by atomic mass is 32.2. The molecule has 2 aliphatic rings. The molecule has 1 aromatic heterocycles. The summed E-state index contributed by atoms with van der Waals surface area (Å²) in [6.07, 6.45) is 4.80. The van der Waals surface area contributed by atoms with Gasteiger partial charge in [0.15, 0.2) is 0 Å². The Labute approximate surface area is 205 Å². The van der Waals surface area contributed by atoms with Crippen LogP contribution in [0.15, 0.2) is 64.6 Å². The summed E-state index contributed by atoms with van der Waals surface area (Å²) in [5, 5.41) is 0.952. The number of ether oxygens (including phenoxy) is 1. The molecule has 0 aliphatic carbocycles. The van der Waals surface area contributed by atoms with Gasteiger partial charge >= 0.3 is 0 Å². The zero-order chi connectivity index (χ0) is 23.3. The van der Waals surface area contributed by atoms with Gasteiger partial charge in [-0.2, -0.15) is 0 Å². The molecular weight excluding hydrogens is 444 g/mol. The molecule has 2 saturated heterocycles. The highest BCUT2D eigenvalue weighted by Gasteiger charge is 2.19. The summed E-state index contributed by atoms with van der Waals surface area (Å²) in [6.45, 7) is 7.23. The lowest BCUT2D eigenvalue weighted by Crippen LogP contribution is -2.36. The van der Waals surface area contributed by atoms with Crippen LogP contribution in [0.25, 0.3) is 0 Å². The second kappa shape index (κ2) is 10.6. The minimum Gasteiger partial charge on any atom is -0.378 e. The molecule has 2 fully saturated rings. The number of anilines is 1. The SMILES string of the molecule is Cc1cnc(Cc2ccc(N3CCOCC3)cc2)nc1Sc1ccc(C(=O)N2CCCC2)cc1. The molecule has 0 bridgehead atoms. The maximum absolute atomic E-state index is 12.6. The number of carbonyl (C=O) groups is 1. The third-order valence-electron chi connectivity index (χ3n) is 6.36. The molecule has 34 heavy (non-hydrogen) atoms. The Morgan fingerprint density at radius 2 is 1.68 bits per heavy atom. The number of hydrogen-bond donors (Lipinski definition) is 0. The Kier molecular flexibility index (Phi) is 7.11. The van der Waals surface area contributed by atoms with Gasteiger partial charge in [-0.15, -0.1) is 0 Å². The lowest BCUT2D eigenvalue weighted by atomic mass is 10.1. The van der Waals surface area contributed by atoms with Crippen LogP contribution >= 0.6 is 11.8 Å². The number of nitrogens with zero attached hydrogens (tertiary/aromatic N) is 4. The first-order valence-corrected chi connectivity index (χ1v) is 12.8. The second-order valence-corrected chi connectivity index (χ2v) is 9.91. The van der Waals surface area contributed by atoms with E-state index >= 15 is 0 Å². The van der Waals surface area contributed by atoms with Gasteiger partial charge in [-0.05, 0) is 67.3 Å². The molecule has 2 aromatic carbocycles. The van der Waals surface area contributed by atoms with Crippen LogP contribution in [-0.2, 0) is 11.2 Å². The summed E-state index contributed by atoms with van der Waals surface area (Å²) in [5.41, 5.74) is 4.24. The van der Waals surface area contributed by atoms with Gasteiger partial charge in [-0.1, -0.05) is 23.9 Å². The van der Waals surface area contributed by atoms with E-state index in [0.29, 0.717) is 6.42 Å². The lowest BCUT2D eigenvalue weighted by Gasteiger charge is -2.28. The number of likely N-dealkylation sites (tertiary alicyclic amines) is 1. The smallest absolute Gasteiger partial charge is 0.253 e. The van der Waals surface area contributed by atoms with Crippen molar-refractivity contribution in [3.05, 3.63) is 77.2 Å². The highest BCUT2D eigenvalue weighted by Crippen LogP contribution is 2.29. The average Bonchev–Trinajstić information content (AvgIpc) is 3.42. The van der Waals surface area contributed by atoms with E-state index in [1.54, 1.807) is 11.8 Å². The van der Waals surface area contributed by atoms with Crippen molar-refractivity contribution in [2.24, 2.45) is 0 Å². The second-order valence-electron chi connectivity index (χ2n) is 8.84. The van der Waals surface area contributed by atoms with Gasteiger partial charge in [-0.3, -0.25) is 4.79 Å². The van der Waals surface area contributed by atoms with Gasteiger partial charge in [0.05, 0.1) is 13.2 Å². The number of morpholine rings is 1. The molecule has 0 radical (unpaired) electrons. The molecule has 7 heteroatoms. The van der Waals surface area contributed by atoms with Crippen molar-refractivity contribution >= 4 is 23.4 Å². The highest BCUT2D eigenvalue weighted by molar-refractivity contribution is 7.99. The molecule has 2 aliphatic heterocycles. The Balaban J connectivity index is 1.24. The Morgan fingerprint density at radius 1 is 0.971 bits per heavy atom. The molecule has 0 spiro atoms. The van der Waals surface area contributed by atoms with Gasteiger partial charge in [0.2, 0.25) is 0 Å². The summed E-state index contributed by atoms with van der Waals surface area (Å²) in [5.74, 6) is 0.947. The fraction of sp³-hybridized carbons (Fsp3) is 0.370. The van der Waals surface area contributed by atoms with Crippen molar-refractivity contribution in [2.75, 3.05) is 44.3 Å². The molecule has 0 atom stereocenters. The molecule has 0 unspecified atom stereocenters. The number of amides is 1. The van der Waals surface area contributed by atoms with Crippen molar-refractivity contribution in [3.8, 4) is 0 Å². The monoisotopic (exact) mass is 474 g/mol. The Bertz CT molecular complexity index is 1120. The van der Waals surface area contributed by atoms with Crippen LogP contribution in [0.3, 0.4) is 0 Å². The fourth-order valence-electron chi connectivity index (χ4n) is 4.36. The van der Waals surface area contributed by atoms with Crippen LogP contribution in [0.4, 0.5) is 5.69 Å². The number of carbonyl (C=O) groups excluding carboxylic acids is 1. The van der Waals surface area contributed by atoms with Crippen molar-refractivity contribution in [1.82, 2.24) is 14.9 Å². The van der Waals surface area contributed by atoms with E-state index in [2.05, 4.69) is 34.1 Å². The first kappa shape index (κ1) is 22.9. The topological polar surface area (TPSA) is 58.6 Å². The molecule has 0 N–H and O–H groups in total. The van der Waals surface area contributed by atoms with Gasteiger partial charge in [0.25, 0.3) is 5.91 Å². The largest absolute Gasteiger partial charge is 0.378 e. The summed E-state index contributed by atoms with van der Waals surface area (Å²) in [7, 11) is 0. The first-order chi connectivity index (χ1) is 16.7. The predicted octanol–water partition coefficient (Wildman–Crippen LogP) is 4.60. The van der Waals surface area contributed by atoms with Crippen LogP contribution in [-0.4, -0.2) is 60.2 Å². The van der Waals surface area contributed by atoms with Gasteiger partial charge in [0, 0.05) is 54.9 Å². The number of aryl methyl sites for hydroxylation is 1. The summed E-state index contributed by atoms with van der Waals surface area (Å²) < 4.78 is 5.45. The average molecular weight is 475 g/mol. The van der Waals surface area contributed by atoms with Crippen molar-refractivity contribution in [3.63, 3.8) is 0 Å². The summed E-state index contributed by atoms with van der Waals surface area (Å²) in [4.78, 5) is 27.4. The van der Waals surface area contributed by atoms with Crippen LogP contribution in [0, 0.1) is 6.92 Å². The minimum absolute atomic E-state index is 0.134. The third kappa shape index (κ3) is 5.42. The van der Waals surface area contributed by atoms with Crippen molar-refractivity contribution < 1.29 is 9.53 Å². The van der Waals surface area contributed by atoms with Crippen LogP contribution in [0.1, 0.15) is 40.2 Å². The molecule has 1 amide bonds. The molecular formula is C27H30N4O2S. The molecule has 3 heterocycles. The van der Waals surface area contributed by atoms with Crippen molar-refractivity contribution in [1.29, 1.82) is 0 Å². The van der Waals surface area contributed by atoms with E-state index < -0.39 is 0 Å². The molecule has 0 saturated carbocycles. The fourth-order valence-corrected chi connectivity index (χ4v) is 5.22. The number of benzene rings is 2. The summed E-state index contributed by atoms with van der Waals surface area (Å²) in [6, 6.07) is 16.6. The van der Waals surface area contributed by atoms with E-state index in [1.165, 1.54) is 11.3 Å². The van der Waals surface area contributed by atoms with Gasteiger partial charge in [0.1, 0.15) is 10.9 Å². The number of rotatable bonds is 6. The Morgan fingerprint density at radius 3 is 2.38 bits per heavy atom. The van der Waals surface area contributed by atoms with Gasteiger partial charge < -0.3 is 14.5 Å². The van der Waals surface area contributed by atoms with Crippen molar-refractivity contribution in [2.45, 2.75) is 36.1 Å². The lowest BCUT2D eigenvalue weighted by molar-refractivity contribution is 0.0792. The third-order valence-corrected chi connectivity index (χ3v) is 7.47. The van der Waals surface area contributed by atoms with E-state index in [0.717, 1.165) is 79.1 Å². The van der Waals surface area contributed by atoms with Crippen LogP contribution in [0.5, 0.6) is 0 Å². The number of hydrogen-bond acceptors (Lipinski definition) is 6. The minimum atomic E-state index is 0.134. The molecule has 6 nitrogen and oxygen atoms in total. The Hall–Kier alpha value is -2.90. The van der Waals surface area contributed by atoms with Crippen LogP contribution in [0.2, 0.25) is 0 Å². The van der Waals surface area contributed by atoms with E-state index in [9.17, 15) is 4.79 Å². The molecule has 176 valence electrons. The predicted molar refractivity (Wildman–Crippen MR) is 135 cm³/mol. The van der Waals surface area contributed by atoms with E-state index in [1.807, 2.05) is 42.3 Å². The van der Waals surface area contributed by atoms with Crippen LogP contribution < -0.4 is 4.90 Å². The summed E-state index contributed by atoms with van der Waals surface area (Å²) >= 11 is 1.62. The molecule has 3 aromatic rings. The maximum Gasteiger partial charge on any atom is 0.253 e.